The van der Waals surface area contributed by atoms with Gasteiger partial charge in [-0.1, -0.05) is 6.92 Å². The topological polar surface area (TPSA) is 75.1 Å². The van der Waals surface area contributed by atoms with Gasteiger partial charge in [0.25, 0.3) is 5.91 Å². The highest BCUT2D eigenvalue weighted by Gasteiger charge is 2.24. The molecule has 1 amide bonds. The molecule has 94 valence electrons. The SMILES string of the molecule is CCC(C)(CCO)NC(=O)c1cc(C)ncn1. The lowest BCUT2D eigenvalue weighted by Gasteiger charge is -2.28. The molecule has 0 spiro atoms. The van der Waals surface area contributed by atoms with Crippen LogP contribution in [-0.2, 0) is 0 Å². The number of carbonyl (C=O) groups is 1. The molecule has 0 saturated heterocycles. The number of carbonyl (C=O) groups excluding carboxylic acids is 1. The summed E-state index contributed by atoms with van der Waals surface area (Å²) in [6, 6.07) is 1.64. The van der Waals surface area contributed by atoms with Gasteiger partial charge in [0.1, 0.15) is 12.0 Å². The maximum absolute atomic E-state index is 12.0. The van der Waals surface area contributed by atoms with Crippen LogP contribution in [0.15, 0.2) is 12.4 Å². The molecule has 0 fully saturated rings. The predicted molar refractivity (Wildman–Crippen MR) is 64.6 cm³/mol. The molecule has 0 aliphatic carbocycles. The third-order valence-electron chi connectivity index (χ3n) is 2.90. The number of aliphatic hydroxyl groups is 1. The van der Waals surface area contributed by atoms with Gasteiger partial charge >= 0.3 is 0 Å². The number of hydrogen-bond donors (Lipinski definition) is 2. The average Bonchev–Trinajstić information content (AvgIpc) is 2.29. The molecule has 5 heteroatoms. The van der Waals surface area contributed by atoms with Crippen LogP contribution < -0.4 is 5.32 Å². The number of aryl methyl sites for hydroxylation is 1. The number of aliphatic hydroxyl groups excluding tert-OH is 1. The van der Waals surface area contributed by atoms with Gasteiger partial charge < -0.3 is 10.4 Å². The van der Waals surface area contributed by atoms with Crippen molar-refractivity contribution in [2.24, 2.45) is 0 Å². The largest absolute Gasteiger partial charge is 0.396 e. The van der Waals surface area contributed by atoms with Crippen LogP contribution >= 0.6 is 0 Å². The maximum Gasteiger partial charge on any atom is 0.270 e. The Hall–Kier alpha value is -1.49. The van der Waals surface area contributed by atoms with E-state index < -0.39 is 5.54 Å². The normalized spacial score (nSPS) is 14.1. The molecule has 0 aliphatic heterocycles. The number of hydrogen-bond acceptors (Lipinski definition) is 4. The molecule has 2 N–H and O–H groups in total. The summed E-state index contributed by atoms with van der Waals surface area (Å²) >= 11 is 0. The van der Waals surface area contributed by atoms with E-state index in [2.05, 4.69) is 15.3 Å². The second-order valence-corrected chi connectivity index (χ2v) is 4.39. The number of nitrogens with one attached hydrogen (secondary N) is 1. The summed E-state index contributed by atoms with van der Waals surface area (Å²) in [6.07, 6.45) is 2.66. The van der Waals surface area contributed by atoms with Crippen LogP contribution in [0.2, 0.25) is 0 Å². The second-order valence-electron chi connectivity index (χ2n) is 4.39. The van der Waals surface area contributed by atoms with Gasteiger partial charge in [-0.3, -0.25) is 4.79 Å². The van der Waals surface area contributed by atoms with E-state index in [-0.39, 0.29) is 12.5 Å². The van der Waals surface area contributed by atoms with Crippen molar-refractivity contribution in [2.45, 2.75) is 39.2 Å². The summed E-state index contributed by atoms with van der Waals surface area (Å²) in [5.41, 5.74) is 0.714. The van der Waals surface area contributed by atoms with Crippen LogP contribution in [0.5, 0.6) is 0 Å². The molecule has 0 radical (unpaired) electrons. The zero-order valence-electron chi connectivity index (χ0n) is 10.5. The Morgan fingerprint density at radius 1 is 1.53 bits per heavy atom. The Bertz CT molecular complexity index is 395. The molecular formula is C12H19N3O2. The van der Waals surface area contributed by atoms with Crippen molar-refractivity contribution in [1.82, 2.24) is 15.3 Å². The molecule has 1 aromatic rings. The van der Waals surface area contributed by atoms with Crippen LogP contribution in [0.1, 0.15) is 42.9 Å². The van der Waals surface area contributed by atoms with Crippen molar-refractivity contribution >= 4 is 5.91 Å². The average molecular weight is 237 g/mol. The van der Waals surface area contributed by atoms with E-state index >= 15 is 0 Å². The Kier molecular flexibility index (Phi) is 4.57. The first kappa shape index (κ1) is 13.6. The number of amides is 1. The third-order valence-corrected chi connectivity index (χ3v) is 2.90. The van der Waals surface area contributed by atoms with Gasteiger partial charge in [-0.25, -0.2) is 9.97 Å². The molecule has 1 aromatic heterocycles. The first-order chi connectivity index (χ1) is 8.00. The third kappa shape index (κ3) is 3.78. The highest BCUT2D eigenvalue weighted by Crippen LogP contribution is 2.14. The minimum atomic E-state index is -0.398. The second kappa shape index (κ2) is 5.72. The molecular weight excluding hydrogens is 218 g/mol. The number of rotatable bonds is 5. The number of aromatic nitrogens is 2. The van der Waals surface area contributed by atoms with E-state index in [9.17, 15) is 4.79 Å². The predicted octanol–water partition coefficient (Wildman–Crippen LogP) is 1.07. The summed E-state index contributed by atoms with van der Waals surface area (Å²) in [5.74, 6) is -0.228. The van der Waals surface area contributed by atoms with Gasteiger partial charge in [-0.15, -0.1) is 0 Å². The zero-order valence-corrected chi connectivity index (χ0v) is 10.5. The molecule has 1 unspecified atom stereocenters. The van der Waals surface area contributed by atoms with E-state index in [1.54, 1.807) is 6.07 Å². The molecule has 0 bridgehead atoms. The maximum atomic E-state index is 12.0. The Morgan fingerprint density at radius 3 is 2.76 bits per heavy atom. The summed E-state index contributed by atoms with van der Waals surface area (Å²) < 4.78 is 0. The van der Waals surface area contributed by atoms with Crippen molar-refractivity contribution in [3.63, 3.8) is 0 Å². The Balaban J connectivity index is 2.77. The molecule has 0 saturated carbocycles. The smallest absolute Gasteiger partial charge is 0.270 e. The van der Waals surface area contributed by atoms with Crippen molar-refractivity contribution < 1.29 is 9.90 Å². The van der Waals surface area contributed by atoms with Crippen LogP contribution in [0, 0.1) is 6.92 Å². The summed E-state index contributed by atoms with van der Waals surface area (Å²) in [4.78, 5) is 19.8. The van der Waals surface area contributed by atoms with Gasteiger partial charge in [-0.2, -0.15) is 0 Å². The van der Waals surface area contributed by atoms with Crippen LogP contribution in [0.3, 0.4) is 0 Å². The highest BCUT2D eigenvalue weighted by molar-refractivity contribution is 5.92. The van der Waals surface area contributed by atoms with E-state index in [1.165, 1.54) is 6.33 Å². The zero-order chi connectivity index (χ0) is 12.9. The fourth-order valence-corrected chi connectivity index (χ4v) is 1.49. The summed E-state index contributed by atoms with van der Waals surface area (Å²) in [5, 5.41) is 11.9. The minimum Gasteiger partial charge on any atom is -0.396 e. The highest BCUT2D eigenvalue weighted by atomic mass is 16.3. The lowest BCUT2D eigenvalue weighted by molar-refractivity contribution is 0.0880. The Morgan fingerprint density at radius 2 is 2.24 bits per heavy atom. The monoisotopic (exact) mass is 237 g/mol. The van der Waals surface area contributed by atoms with Crippen molar-refractivity contribution in [3.05, 3.63) is 23.8 Å². The quantitative estimate of drug-likeness (QED) is 0.803. The van der Waals surface area contributed by atoms with E-state index in [4.69, 9.17) is 5.11 Å². The van der Waals surface area contributed by atoms with Gasteiger partial charge in [-0.05, 0) is 32.8 Å². The standard InChI is InChI=1S/C12H19N3O2/c1-4-12(3,5-6-16)15-11(17)10-7-9(2)13-8-14-10/h7-8,16H,4-6H2,1-3H3,(H,15,17). The molecule has 1 rings (SSSR count). The minimum absolute atomic E-state index is 0.0490. The lowest BCUT2D eigenvalue weighted by Crippen LogP contribution is -2.46. The molecule has 1 atom stereocenters. The van der Waals surface area contributed by atoms with Gasteiger partial charge in [0.05, 0.1) is 0 Å². The first-order valence-electron chi connectivity index (χ1n) is 5.73. The fourth-order valence-electron chi connectivity index (χ4n) is 1.49. The van der Waals surface area contributed by atoms with Crippen LogP contribution in [-0.4, -0.2) is 33.1 Å². The lowest BCUT2D eigenvalue weighted by atomic mass is 9.94. The van der Waals surface area contributed by atoms with E-state index in [0.29, 0.717) is 12.1 Å². The molecule has 1 heterocycles. The molecule has 0 aromatic carbocycles. The summed E-state index contributed by atoms with van der Waals surface area (Å²) in [7, 11) is 0. The van der Waals surface area contributed by atoms with Gasteiger partial charge in [0.2, 0.25) is 0 Å². The van der Waals surface area contributed by atoms with E-state index in [1.807, 2.05) is 20.8 Å². The van der Waals surface area contributed by atoms with E-state index in [0.717, 1.165) is 12.1 Å². The molecule has 17 heavy (non-hydrogen) atoms. The van der Waals surface area contributed by atoms with Gasteiger partial charge in [0.15, 0.2) is 0 Å². The van der Waals surface area contributed by atoms with Crippen molar-refractivity contribution in [3.8, 4) is 0 Å². The van der Waals surface area contributed by atoms with Crippen LogP contribution in [0.25, 0.3) is 0 Å². The van der Waals surface area contributed by atoms with Crippen molar-refractivity contribution in [1.29, 1.82) is 0 Å². The van der Waals surface area contributed by atoms with Gasteiger partial charge in [0, 0.05) is 17.8 Å². The van der Waals surface area contributed by atoms with Crippen molar-refractivity contribution in [2.75, 3.05) is 6.61 Å². The summed E-state index contributed by atoms with van der Waals surface area (Å²) in [6.45, 7) is 5.74. The fraction of sp³-hybridized carbons (Fsp3) is 0.583. The number of nitrogens with zero attached hydrogens (tertiary/aromatic N) is 2. The molecule has 5 nitrogen and oxygen atoms in total. The molecule has 0 aliphatic rings. The Labute approximate surface area is 101 Å². The first-order valence-corrected chi connectivity index (χ1v) is 5.73. The van der Waals surface area contributed by atoms with Crippen LogP contribution in [0.4, 0.5) is 0 Å².